The summed E-state index contributed by atoms with van der Waals surface area (Å²) in [5.74, 6) is -2.61. The predicted octanol–water partition coefficient (Wildman–Crippen LogP) is 5.93. The molecule has 176 valence electrons. The summed E-state index contributed by atoms with van der Waals surface area (Å²) in [7, 11) is 0. The molecule has 1 aliphatic carbocycles. The number of hydrogen-bond acceptors (Lipinski definition) is 6. The molecule has 1 unspecified atom stereocenters. The van der Waals surface area contributed by atoms with Gasteiger partial charge in [0.2, 0.25) is 17.8 Å². The summed E-state index contributed by atoms with van der Waals surface area (Å²) in [6.45, 7) is 4.09. The van der Waals surface area contributed by atoms with Crippen molar-refractivity contribution in [2.45, 2.75) is 83.0 Å². The van der Waals surface area contributed by atoms with E-state index in [9.17, 15) is 22.0 Å². The van der Waals surface area contributed by atoms with Gasteiger partial charge in [-0.3, -0.25) is 0 Å². The average molecular weight is 458 g/mol. The lowest BCUT2D eigenvalue weighted by atomic mass is 10.1. The Morgan fingerprint density at radius 1 is 1.03 bits per heavy atom. The van der Waals surface area contributed by atoms with Gasteiger partial charge in [-0.25, -0.2) is 13.8 Å². The topological polar surface area (TPSA) is 75.6 Å². The normalized spacial score (nSPS) is 18.2. The van der Waals surface area contributed by atoms with Gasteiger partial charge in [0.15, 0.2) is 5.82 Å². The Balaban J connectivity index is 1.94. The quantitative estimate of drug-likeness (QED) is 0.454. The van der Waals surface area contributed by atoms with Crippen molar-refractivity contribution in [2.24, 2.45) is 0 Å². The molecule has 0 spiro atoms. The molecule has 6 nitrogen and oxygen atoms in total. The molecule has 0 bridgehead atoms. The van der Waals surface area contributed by atoms with Gasteiger partial charge in [-0.15, -0.1) is 0 Å². The van der Waals surface area contributed by atoms with Crippen LogP contribution in [-0.4, -0.2) is 37.9 Å². The fraction of sp³-hybridized carbons (Fsp3) is 0.619. The van der Waals surface area contributed by atoms with Crippen molar-refractivity contribution >= 4 is 11.9 Å². The van der Waals surface area contributed by atoms with Crippen LogP contribution in [0.25, 0.3) is 11.5 Å². The molecule has 1 fully saturated rings. The van der Waals surface area contributed by atoms with Crippen LogP contribution in [0.2, 0.25) is 0 Å². The molecule has 0 saturated heterocycles. The largest absolute Gasteiger partial charge is 0.433 e. The molecule has 0 amide bonds. The van der Waals surface area contributed by atoms with Gasteiger partial charge < -0.3 is 10.6 Å². The van der Waals surface area contributed by atoms with E-state index in [0.717, 1.165) is 31.7 Å². The van der Waals surface area contributed by atoms with Gasteiger partial charge in [-0.1, -0.05) is 32.8 Å². The predicted molar refractivity (Wildman–Crippen MR) is 111 cm³/mol. The Labute approximate surface area is 183 Å². The van der Waals surface area contributed by atoms with E-state index >= 15 is 0 Å². The Morgan fingerprint density at radius 2 is 1.72 bits per heavy atom. The van der Waals surface area contributed by atoms with E-state index < -0.39 is 23.8 Å². The zero-order chi connectivity index (χ0) is 23.4. The van der Waals surface area contributed by atoms with Crippen LogP contribution in [0, 0.1) is 0 Å². The standard InChI is InChI=1S/C21H27F5N6/c1-3-6-13(7-4-2)27-18-30-17(15-8-5-9-16(29-15)21(24,25)26)31-19(32-18)28-14-10-11-20(22,23)12-14/h5,8-9,13-14H,3-4,6-7,10-12H2,1-2H3,(H2,27,28,30,31,32). The van der Waals surface area contributed by atoms with Gasteiger partial charge in [-0.2, -0.15) is 28.1 Å². The van der Waals surface area contributed by atoms with Crippen molar-refractivity contribution in [1.29, 1.82) is 0 Å². The minimum atomic E-state index is -4.62. The summed E-state index contributed by atoms with van der Waals surface area (Å²) in [6, 6.07) is 2.99. The Kier molecular flexibility index (Phi) is 7.45. The average Bonchev–Trinajstić information content (AvgIpc) is 3.06. The second kappa shape index (κ2) is 9.91. The molecule has 32 heavy (non-hydrogen) atoms. The minimum absolute atomic E-state index is 0.0335. The molecule has 2 aromatic heterocycles. The number of rotatable bonds is 9. The van der Waals surface area contributed by atoms with Crippen LogP contribution in [0.4, 0.5) is 33.8 Å². The lowest BCUT2D eigenvalue weighted by molar-refractivity contribution is -0.141. The Bertz CT molecular complexity index is 876. The number of aromatic nitrogens is 4. The van der Waals surface area contributed by atoms with Gasteiger partial charge >= 0.3 is 6.18 Å². The second-order valence-corrected chi connectivity index (χ2v) is 8.07. The summed E-state index contributed by atoms with van der Waals surface area (Å²) in [6.07, 6.45) is -1.41. The van der Waals surface area contributed by atoms with Gasteiger partial charge in [0.1, 0.15) is 11.4 Å². The fourth-order valence-electron chi connectivity index (χ4n) is 3.76. The van der Waals surface area contributed by atoms with E-state index in [1.807, 2.05) is 13.8 Å². The number of halogens is 5. The van der Waals surface area contributed by atoms with Crippen LogP contribution in [0.5, 0.6) is 0 Å². The minimum Gasteiger partial charge on any atom is -0.351 e. The maximum atomic E-state index is 13.6. The molecular weight excluding hydrogens is 431 g/mol. The molecule has 2 N–H and O–H groups in total. The maximum Gasteiger partial charge on any atom is 0.433 e. The third kappa shape index (κ3) is 6.46. The number of pyridine rings is 1. The molecule has 0 radical (unpaired) electrons. The maximum absolute atomic E-state index is 13.6. The van der Waals surface area contributed by atoms with E-state index in [1.54, 1.807) is 0 Å². The molecule has 1 saturated carbocycles. The molecule has 1 aliphatic rings. The molecule has 0 aliphatic heterocycles. The smallest absolute Gasteiger partial charge is 0.351 e. The molecule has 3 rings (SSSR count). The molecule has 2 aromatic rings. The zero-order valence-corrected chi connectivity index (χ0v) is 18.0. The SMILES string of the molecule is CCCC(CCC)Nc1nc(NC2CCC(F)(F)C2)nc(-c2cccc(C(F)(F)F)n2)n1. The van der Waals surface area contributed by atoms with Crippen molar-refractivity contribution in [3.8, 4) is 11.5 Å². The Hall–Kier alpha value is -2.59. The van der Waals surface area contributed by atoms with Crippen LogP contribution in [0.3, 0.4) is 0 Å². The van der Waals surface area contributed by atoms with Crippen LogP contribution >= 0.6 is 0 Å². The van der Waals surface area contributed by atoms with Crippen LogP contribution in [0.1, 0.15) is 64.5 Å². The van der Waals surface area contributed by atoms with Gasteiger partial charge in [-0.05, 0) is 31.4 Å². The zero-order valence-electron chi connectivity index (χ0n) is 18.0. The van der Waals surface area contributed by atoms with Crippen LogP contribution in [-0.2, 0) is 6.18 Å². The van der Waals surface area contributed by atoms with Crippen LogP contribution < -0.4 is 10.6 Å². The molecule has 1 atom stereocenters. The third-order valence-corrected chi connectivity index (χ3v) is 5.25. The van der Waals surface area contributed by atoms with E-state index in [4.69, 9.17) is 0 Å². The van der Waals surface area contributed by atoms with Crippen molar-refractivity contribution < 1.29 is 22.0 Å². The number of anilines is 2. The third-order valence-electron chi connectivity index (χ3n) is 5.25. The first-order valence-corrected chi connectivity index (χ1v) is 10.8. The van der Waals surface area contributed by atoms with Gasteiger partial charge in [0, 0.05) is 24.9 Å². The monoisotopic (exact) mass is 458 g/mol. The summed E-state index contributed by atoms with van der Waals surface area (Å²) in [4.78, 5) is 16.4. The molecule has 2 heterocycles. The summed E-state index contributed by atoms with van der Waals surface area (Å²) < 4.78 is 66.5. The molecule has 0 aromatic carbocycles. The number of nitrogens with one attached hydrogen (secondary N) is 2. The lowest BCUT2D eigenvalue weighted by Crippen LogP contribution is -2.24. The van der Waals surface area contributed by atoms with E-state index in [2.05, 4.69) is 30.6 Å². The van der Waals surface area contributed by atoms with Crippen molar-refractivity contribution in [1.82, 2.24) is 19.9 Å². The van der Waals surface area contributed by atoms with Crippen molar-refractivity contribution in [3.63, 3.8) is 0 Å². The van der Waals surface area contributed by atoms with Crippen molar-refractivity contribution in [3.05, 3.63) is 23.9 Å². The molecule has 11 heteroatoms. The first-order valence-electron chi connectivity index (χ1n) is 10.8. The highest BCUT2D eigenvalue weighted by Crippen LogP contribution is 2.36. The highest BCUT2D eigenvalue weighted by molar-refractivity contribution is 5.54. The summed E-state index contributed by atoms with van der Waals surface area (Å²) in [5.41, 5.74) is -1.14. The lowest BCUT2D eigenvalue weighted by Gasteiger charge is -2.19. The van der Waals surface area contributed by atoms with Crippen molar-refractivity contribution in [2.75, 3.05) is 10.6 Å². The number of hydrogen-bond donors (Lipinski definition) is 2. The van der Waals surface area contributed by atoms with Gasteiger partial charge in [0.05, 0.1) is 0 Å². The number of alkyl halides is 5. The first-order chi connectivity index (χ1) is 15.1. The van der Waals surface area contributed by atoms with E-state index in [0.29, 0.717) is 0 Å². The fourth-order valence-corrected chi connectivity index (χ4v) is 3.76. The summed E-state index contributed by atoms with van der Waals surface area (Å²) in [5, 5.41) is 6.11. The first kappa shape index (κ1) is 24.1. The van der Waals surface area contributed by atoms with Crippen LogP contribution in [0.15, 0.2) is 18.2 Å². The second-order valence-electron chi connectivity index (χ2n) is 8.07. The Morgan fingerprint density at radius 3 is 2.31 bits per heavy atom. The van der Waals surface area contributed by atoms with E-state index in [1.165, 1.54) is 12.1 Å². The number of nitrogens with zero attached hydrogens (tertiary/aromatic N) is 4. The highest BCUT2D eigenvalue weighted by atomic mass is 19.4. The molecular formula is C21H27F5N6. The van der Waals surface area contributed by atoms with E-state index in [-0.39, 0.29) is 48.7 Å². The summed E-state index contributed by atoms with van der Waals surface area (Å²) >= 11 is 0. The van der Waals surface area contributed by atoms with Gasteiger partial charge in [0.25, 0.3) is 0 Å². The highest BCUT2D eigenvalue weighted by Gasteiger charge is 2.39.